The first-order valence-corrected chi connectivity index (χ1v) is 18.1. The van der Waals surface area contributed by atoms with Crippen molar-refractivity contribution in [3.05, 3.63) is 31.0 Å². The fourth-order valence-electron chi connectivity index (χ4n) is 5.29. The second-order valence-electron chi connectivity index (χ2n) is 10.1. The van der Waals surface area contributed by atoms with Crippen molar-refractivity contribution in [2.45, 2.75) is 56.1 Å². The third-order valence-electron chi connectivity index (χ3n) is 7.36. The first kappa shape index (κ1) is 30.4. The monoisotopic (exact) mass is 691 g/mol. The van der Waals surface area contributed by atoms with Gasteiger partial charge in [-0.25, -0.2) is 34.3 Å². The lowest BCUT2D eigenvalue weighted by Gasteiger charge is -2.28. The molecule has 236 valence electrons. The Bertz CT molecular complexity index is 1840. The summed E-state index contributed by atoms with van der Waals surface area (Å²) in [6.07, 6.45) is -6.08. The molecule has 0 saturated carbocycles. The Kier molecular flexibility index (Phi) is 7.77. The first-order chi connectivity index (χ1) is 20.9. The number of aliphatic hydroxyl groups is 1. The fraction of sp³-hybridized carbons (Fsp3) is 0.524. The molecule has 7 heterocycles. The number of fused-ring (bicyclic) bond motifs is 5. The van der Waals surface area contributed by atoms with Gasteiger partial charge in [0.15, 0.2) is 35.7 Å². The number of alkyl halides is 1. The summed E-state index contributed by atoms with van der Waals surface area (Å²) in [7, 11) is 0. The number of anilines is 1. The number of aliphatic hydroxyl groups excluding tert-OH is 1. The molecule has 7 rings (SSSR count). The second kappa shape index (κ2) is 11.2. The lowest BCUT2D eigenvalue weighted by molar-refractivity contribution is -0.0604. The molecule has 44 heavy (non-hydrogen) atoms. The minimum atomic E-state index is -4.22. The van der Waals surface area contributed by atoms with Gasteiger partial charge < -0.3 is 39.1 Å². The molecule has 4 aromatic heterocycles. The maximum atomic E-state index is 15.9. The van der Waals surface area contributed by atoms with E-state index in [1.54, 1.807) is 6.92 Å². The van der Waals surface area contributed by atoms with Crippen LogP contribution in [0.4, 0.5) is 10.2 Å². The number of aryl methyl sites for hydroxylation is 1. The third-order valence-corrected chi connectivity index (χ3v) is 10.5. The quantitative estimate of drug-likeness (QED) is 0.207. The predicted molar refractivity (Wildman–Crippen MR) is 153 cm³/mol. The number of halogens is 1. The van der Waals surface area contributed by atoms with Crippen LogP contribution in [-0.4, -0.2) is 104 Å². The number of nitrogens with two attached hydrogens (primary N) is 1. The number of nitrogens with zero attached hydrogens (tertiary/aromatic N) is 8. The van der Waals surface area contributed by atoms with Crippen LogP contribution < -0.4 is 5.73 Å². The number of aromatic nitrogens is 8. The van der Waals surface area contributed by atoms with Gasteiger partial charge in [-0.3, -0.25) is 18.2 Å². The molecule has 2 unspecified atom stereocenters. The number of imidazole rings is 2. The average Bonchev–Trinajstić information content (AvgIpc) is 3.73. The molecule has 10 atom stereocenters. The van der Waals surface area contributed by atoms with Gasteiger partial charge in [0.1, 0.15) is 54.2 Å². The van der Waals surface area contributed by atoms with Crippen LogP contribution in [0.25, 0.3) is 22.3 Å². The van der Waals surface area contributed by atoms with Crippen molar-refractivity contribution in [1.29, 1.82) is 0 Å². The van der Waals surface area contributed by atoms with Crippen molar-refractivity contribution in [3.8, 4) is 0 Å². The zero-order valence-corrected chi connectivity index (χ0v) is 25.8. The number of ether oxygens (including phenoxy) is 2. The molecule has 3 aliphatic heterocycles. The van der Waals surface area contributed by atoms with E-state index in [1.807, 2.05) is 0 Å². The highest BCUT2D eigenvalue weighted by Crippen LogP contribution is 2.54. The summed E-state index contributed by atoms with van der Waals surface area (Å²) in [5, 5.41) is 11.3. The van der Waals surface area contributed by atoms with Crippen molar-refractivity contribution in [2.75, 3.05) is 18.9 Å². The van der Waals surface area contributed by atoms with E-state index in [9.17, 15) is 14.9 Å². The highest BCUT2D eigenvalue weighted by atomic mass is 32.5. The molecule has 18 nitrogen and oxygen atoms in total. The van der Waals surface area contributed by atoms with Crippen molar-refractivity contribution in [3.63, 3.8) is 0 Å². The summed E-state index contributed by atoms with van der Waals surface area (Å²) < 4.78 is 53.1. The largest absolute Gasteiger partial charge is 0.386 e. The van der Waals surface area contributed by atoms with Gasteiger partial charge in [0.05, 0.1) is 31.6 Å². The van der Waals surface area contributed by atoms with Crippen molar-refractivity contribution >= 4 is 65.2 Å². The molecule has 0 aromatic carbocycles. The molecule has 0 aliphatic carbocycles. The van der Waals surface area contributed by atoms with Crippen LogP contribution in [0, 0.1) is 6.92 Å². The van der Waals surface area contributed by atoms with Crippen LogP contribution in [0.5, 0.6) is 0 Å². The number of rotatable bonds is 2. The van der Waals surface area contributed by atoms with Gasteiger partial charge in [-0.05, 0) is 30.5 Å². The molecule has 23 heteroatoms. The minimum Gasteiger partial charge on any atom is -0.386 e. The molecule has 5 N–H and O–H groups in total. The molecular formula is C21H24FN9O9P2S2. The second-order valence-corrected chi connectivity index (χ2v) is 15.7. The van der Waals surface area contributed by atoms with Gasteiger partial charge in [0.25, 0.3) is 0 Å². The molecule has 4 aromatic rings. The lowest BCUT2D eigenvalue weighted by Crippen LogP contribution is -2.36. The normalized spacial score (nSPS) is 38.3. The van der Waals surface area contributed by atoms with Gasteiger partial charge in [-0.1, -0.05) is 0 Å². The zero-order chi connectivity index (χ0) is 31.0. The van der Waals surface area contributed by atoms with E-state index >= 15 is 4.39 Å². The molecule has 0 radical (unpaired) electrons. The third kappa shape index (κ3) is 5.34. The summed E-state index contributed by atoms with van der Waals surface area (Å²) in [4.78, 5) is 46.9. The summed E-state index contributed by atoms with van der Waals surface area (Å²) in [6, 6.07) is 0. The minimum absolute atomic E-state index is 0.105. The van der Waals surface area contributed by atoms with Crippen LogP contribution >= 0.6 is 13.4 Å². The van der Waals surface area contributed by atoms with E-state index in [0.29, 0.717) is 16.9 Å². The van der Waals surface area contributed by atoms with Gasteiger partial charge in [0.2, 0.25) is 0 Å². The van der Waals surface area contributed by atoms with E-state index in [1.165, 1.54) is 34.4 Å². The molecule has 0 amide bonds. The summed E-state index contributed by atoms with van der Waals surface area (Å²) >= 11 is 10.5. The number of hydrogen-bond acceptors (Lipinski definition) is 16. The van der Waals surface area contributed by atoms with Gasteiger partial charge in [-0.15, -0.1) is 0 Å². The topological polar surface area (TPSA) is 229 Å². The summed E-state index contributed by atoms with van der Waals surface area (Å²) in [5.74, 6) is 0.105. The van der Waals surface area contributed by atoms with Gasteiger partial charge >= 0.3 is 13.4 Å². The average molecular weight is 692 g/mol. The highest BCUT2D eigenvalue weighted by Gasteiger charge is 2.53. The molecule has 0 spiro atoms. The van der Waals surface area contributed by atoms with E-state index in [0.717, 1.165) is 0 Å². The van der Waals surface area contributed by atoms with E-state index in [2.05, 4.69) is 29.9 Å². The van der Waals surface area contributed by atoms with Crippen LogP contribution in [0.1, 0.15) is 18.1 Å². The van der Waals surface area contributed by atoms with Crippen LogP contribution in [0.3, 0.4) is 0 Å². The highest BCUT2D eigenvalue weighted by molar-refractivity contribution is 8.07. The van der Waals surface area contributed by atoms with Crippen molar-refractivity contribution < 1.29 is 46.9 Å². The smallest absolute Gasteiger partial charge is 0.325 e. The predicted octanol–water partition coefficient (Wildman–Crippen LogP) is 0.301. The molecule has 3 saturated heterocycles. The number of nitrogen functional groups attached to an aromatic ring is 1. The van der Waals surface area contributed by atoms with Crippen LogP contribution in [0.15, 0.2) is 25.3 Å². The van der Waals surface area contributed by atoms with E-state index < -0.39 is 75.8 Å². The first-order valence-electron chi connectivity index (χ1n) is 12.9. The Hall–Kier alpha value is -2.23. The molecule has 3 fully saturated rings. The van der Waals surface area contributed by atoms with Crippen LogP contribution in [0.2, 0.25) is 0 Å². The van der Waals surface area contributed by atoms with E-state index in [-0.39, 0.29) is 17.0 Å². The zero-order valence-electron chi connectivity index (χ0n) is 22.4. The van der Waals surface area contributed by atoms with Crippen LogP contribution in [-0.2, 0) is 51.2 Å². The Morgan fingerprint density at radius 3 is 2.14 bits per heavy atom. The van der Waals surface area contributed by atoms with Gasteiger partial charge in [-0.2, -0.15) is 0 Å². The van der Waals surface area contributed by atoms with E-state index in [4.69, 9.17) is 56.9 Å². The molecule has 3 aliphatic rings. The maximum absolute atomic E-state index is 15.9. The number of hydrogen-bond donors (Lipinski definition) is 4. The molecule has 2 bridgehead atoms. The summed E-state index contributed by atoms with van der Waals surface area (Å²) in [5.41, 5.74) is 7.71. The molecular weight excluding hydrogens is 667 g/mol. The van der Waals surface area contributed by atoms with Gasteiger partial charge in [0, 0.05) is 0 Å². The van der Waals surface area contributed by atoms with Crippen molar-refractivity contribution in [2.24, 2.45) is 0 Å². The Labute approximate surface area is 256 Å². The Balaban J connectivity index is 1.20. The SMILES string of the molecule is Cc1ncnc2c1ncn2[C@@H]1O[C@@H]2COP(O)(=S)O[C@H]3[C@@H](O)[C@H](n4cnc5c(N)ncnc54)O[C@@H]3COP(O)(=S)O[C@@H]1[C@@H]2F. The maximum Gasteiger partial charge on any atom is 0.325 e. The van der Waals surface area contributed by atoms with Crippen molar-refractivity contribution in [1.82, 2.24) is 39.0 Å². The Morgan fingerprint density at radius 2 is 1.41 bits per heavy atom. The fourth-order valence-corrected chi connectivity index (χ4v) is 8.14. The standard InChI is InChI=1S/C21H24FN9O9P2S2/c1-8-12-18(26-4-24-8)31(6-28-12)21-16-11(22)9(37-21)2-35-41(33,43)39-15-10(3-36-42(34,44)40-16)38-20(14(15)32)30-7-29-13-17(23)25-5-27-19(13)30/h4-7,9-11,14-16,20-21,32H,2-3H2,1H3,(H,33,43)(H,34,44)(H2,23,25,27)/t9-,10-,11-,14-,15-,16-,20-,21-,41?,42?/m1/s1. The Morgan fingerprint density at radius 1 is 0.841 bits per heavy atom. The lowest BCUT2D eigenvalue weighted by atomic mass is 10.1. The summed E-state index contributed by atoms with van der Waals surface area (Å²) in [6.45, 7) is -7.77.